The van der Waals surface area contributed by atoms with Crippen molar-refractivity contribution in [2.75, 3.05) is 18.0 Å². The molecule has 166 valence electrons. The van der Waals surface area contributed by atoms with E-state index in [9.17, 15) is 13.2 Å². The molecule has 0 radical (unpaired) electrons. The maximum atomic E-state index is 13.3. The maximum absolute atomic E-state index is 13.3. The van der Waals surface area contributed by atoms with Gasteiger partial charge in [0.25, 0.3) is 15.9 Å². The van der Waals surface area contributed by atoms with Crippen LogP contribution in [0.5, 0.6) is 5.75 Å². The van der Waals surface area contributed by atoms with Crippen LogP contribution in [0.3, 0.4) is 0 Å². The Kier molecular flexibility index (Phi) is 7.89. The molecule has 10 heteroatoms. The summed E-state index contributed by atoms with van der Waals surface area (Å²) in [6.45, 7) is -0.504. The van der Waals surface area contributed by atoms with Gasteiger partial charge in [-0.3, -0.25) is 9.10 Å². The van der Waals surface area contributed by atoms with Gasteiger partial charge in [0.2, 0.25) is 0 Å². The van der Waals surface area contributed by atoms with Gasteiger partial charge in [0.15, 0.2) is 0 Å². The van der Waals surface area contributed by atoms with Crippen LogP contribution in [0.1, 0.15) is 5.56 Å². The molecule has 1 amide bonds. The number of hydrogen-bond acceptors (Lipinski definition) is 5. The van der Waals surface area contributed by atoms with Gasteiger partial charge >= 0.3 is 0 Å². The first-order valence-electron chi connectivity index (χ1n) is 9.30. The molecular formula is C22H19BrClN3O4S. The van der Waals surface area contributed by atoms with Crippen molar-refractivity contribution < 1.29 is 17.9 Å². The number of methoxy groups -OCH3 is 1. The number of carbonyl (C=O) groups excluding carboxylic acids is 1. The molecule has 0 fully saturated rings. The van der Waals surface area contributed by atoms with Crippen molar-refractivity contribution in [3.05, 3.63) is 87.9 Å². The molecule has 7 nitrogen and oxygen atoms in total. The lowest BCUT2D eigenvalue weighted by molar-refractivity contribution is -0.119. The van der Waals surface area contributed by atoms with E-state index in [1.54, 1.807) is 18.2 Å². The zero-order chi connectivity index (χ0) is 23.1. The van der Waals surface area contributed by atoms with Gasteiger partial charge in [-0.25, -0.2) is 13.8 Å². The molecule has 0 aliphatic heterocycles. The molecule has 0 unspecified atom stereocenters. The van der Waals surface area contributed by atoms with Gasteiger partial charge in [0, 0.05) is 4.47 Å². The van der Waals surface area contributed by atoms with E-state index >= 15 is 0 Å². The quantitative estimate of drug-likeness (QED) is 0.340. The number of rotatable bonds is 8. The standard InChI is InChI=1S/C22H19BrClN3O4S/c1-31-21-11-10-18(13-20(21)24)27(32(29,30)19-8-3-2-4-9-19)15-22(28)26-25-14-16-6-5-7-17(23)12-16/h2-14H,15H2,1H3,(H,26,28)/b25-14-. The van der Waals surface area contributed by atoms with Crippen LogP contribution < -0.4 is 14.5 Å². The lowest BCUT2D eigenvalue weighted by Gasteiger charge is -2.24. The van der Waals surface area contributed by atoms with Crippen LogP contribution >= 0.6 is 27.5 Å². The number of benzene rings is 3. The van der Waals surface area contributed by atoms with E-state index in [2.05, 4.69) is 26.5 Å². The Morgan fingerprint density at radius 3 is 2.53 bits per heavy atom. The van der Waals surface area contributed by atoms with Gasteiger partial charge in [0.05, 0.1) is 28.9 Å². The lowest BCUT2D eigenvalue weighted by Crippen LogP contribution is -2.39. The fraction of sp³-hybridized carbons (Fsp3) is 0.0909. The number of nitrogens with zero attached hydrogens (tertiary/aromatic N) is 2. The number of nitrogens with one attached hydrogen (secondary N) is 1. The number of sulfonamides is 1. The van der Waals surface area contributed by atoms with E-state index in [0.717, 1.165) is 14.3 Å². The smallest absolute Gasteiger partial charge is 0.264 e. The second-order valence-electron chi connectivity index (χ2n) is 6.49. The van der Waals surface area contributed by atoms with E-state index in [1.165, 1.54) is 43.7 Å². The van der Waals surface area contributed by atoms with Crippen LogP contribution in [0.2, 0.25) is 5.02 Å². The molecule has 0 saturated heterocycles. The summed E-state index contributed by atoms with van der Waals surface area (Å²) < 4.78 is 33.6. The van der Waals surface area contributed by atoms with Crippen molar-refractivity contribution in [1.82, 2.24) is 5.43 Å². The number of carbonyl (C=O) groups is 1. The highest BCUT2D eigenvalue weighted by Crippen LogP contribution is 2.31. The molecule has 0 spiro atoms. The third kappa shape index (κ3) is 5.87. The van der Waals surface area contributed by atoms with Crippen LogP contribution in [0, 0.1) is 0 Å². The van der Waals surface area contributed by atoms with E-state index in [-0.39, 0.29) is 15.6 Å². The van der Waals surface area contributed by atoms with Crippen LogP contribution in [0.25, 0.3) is 0 Å². The zero-order valence-corrected chi connectivity index (χ0v) is 20.1. The van der Waals surface area contributed by atoms with Crippen molar-refractivity contribution in [3.8, 4) is 5.75 Å². The normalized spacial score (nSPS) is 11.3. The third-order valence-corrected chi connectivity index (χ3v) is 6.87. The average Bonchev–Trinajstić information content (AvgIpc) is 2.78. The monoisotopic (exact) mass is 535 g/mol. The Bertz CT molecular complexity index is 1240. The highest BCUT2D eigenvalue weighted by molar-refractivity contribution is 9.10. The molecule has 3 rings (SSSR count). The number of hydrogen-bond donors (Lipinski definition) is 1. The van der Waals surface area contributed by atoms with Crippen molar-refractivity contribution in [2.24, 2.45) is 5.10 Å². The molecule has 0 heterocycles. The van der Waals surface area contributed by atoms with Crippen molar-refractivity contribution >= 4 is 55.4 Å². The number of ether oxygens (including phenoxy) is 1. The summed E-state index contributed by atoms with van der Waals surface area (Å²) in [5, 5.41) is 4.13. The van der Waals surface area contributed by atoms with Crippen LogP contribution in [0.4, 0.5) is 5.69 Å². The van der Waals surface area contributed by atoms with Crippen LogP contribution in [-0.4, -0.2) is 34.2 Å². The Morgan fingerprint density at radius 1 is 1.12 bits per heavy atom. The summed E-state index contributed by atoms with van der Waals surface area (Å²) in [7, 11) is -2.60. The number of amides is 1. The first-order valence-corrected chi connectivity index (χ1v) is 11.9. The molecule has 32 heavy (non-hydrogen) atoms. The zero-order valence-electron chi connectivity index (χ0n) is 16.9. The van der Waals surface area contributed by atoms with Crippen molar-refractivity contribution in [3.63, 3.8) is 0 Å². The molecule has 3 aromatic rings. The topological polar surface area (TPSA) is 88.1 Å². The number of anilines is 1. The Balaban J connectivity index is 1.87. The minimum atomic E-state index is -4.05. The molecule has 0 aliphatic rings. The van der Waals surface area contributed by atoms with Crippen LogP contribution in [0.15, 0.2) is 87.3 Å². The molecule has 0 saturated carbocycles. The van der Waals surface area contributed by atoms with Gasteiger partial charge in [0.1, 0.15) is 12.3 Å². The predicted molar refractivity (Wildman–Crippen MR) is 129 cm³/mol. The fourth-order valence-corrected chi connectivity index (χ4v) is 4.88. The summed E-state index contributed by atoms with van der Waals surface area (Å²) in [5.41, 5.74) is 3.34. The molecule has 0 bridgehead atoms. The van der Waals surface area contributed by atoms with Crippen molar-refractivity contribution in [2.45, 2.75) is 4.90 Å². The Labute approximate surface area is 199 Å². The summed E-state index contributed by atoms with van der Waals surface area (Å²) >= 11 is 9.56. The van der Waals surface area contributed by atoms with E-state index in [4.69, 9.17) is 16.3 Å². The first kappa shape index (κ1) is 23.8. The summed E-state index contributed by atoms with van der Waals surface area (Å²) in [6, 6.07) is 19.6. The molecule has 1 N–H and O–H groups in total. The Morgan fingerprint density at radius 2 is 1.88 bits per heavy atom. The average molecular weight is 537 g/mol. The molecule has 0 aliphatic carbocycles. The largest absolute Gasteiger partial charge is 0.495 e. The lowest BCUT2D eigenvalue weighted by atomic mass is 10.2. The number of halogens is 2. The highest BCUT2D eigenvalue weighted by Gasteiger charge is 2.27. The molecule has 0 atom stereocenters. The fourth-order valence-electron chi connectivity index (χ4n) is 2.78. The molecule has 0 aromatic heterocycles. The molecule has 3 aromatic carbocycles. The van der Waals surface area contributed by atoms with Crippen molar-refractivity contribution in [1.29, 1.82) is 0 Å². The van der Waals surface area contributed by atoms with Gasteiger partial charge in [-0.05, 0) is 48.0 Å². The maximum Gasteiger partial charge on any atom is 0.264 e. The van der Waals surface area contributed by atoms with E-state index in [0.29, 0.717) is 5.75 Å². The van der Waals surface area contributed by atoms with Crippen LogP contribution in [-0.2, 0) is 14.8 Å². The predicted octanol–water partition coefficient (Wildman–Crippen LogP) is 4.46. The Hall–Kier alpha value is -2.88. The second-order valence-corrected chi connectivity index (χ2v) is 9.68. The molecular weight excluding hydrogens is 518 g/mol. The van der Waals surface area contributed by atoms with Gasteiger partial charge in [-0.15, -0.1) is 0 Å². The minimum absolute atomic E-state index is 0.0392. The SMILES string of the molecule is COc1ccc(N(CC(=O)N/N=C\c2cccc(Br)c2)S(=O)(=O)c2ccccc2)cc1Cl. The van der Waals surface area contributed by atoms with Gasteiger partial charge in [-0.2, -0.15) is 5.10 Å². The van der Waals surface area contributed by atoms with Gasteiger partial charge in [-0.1, -0.05) is 57.9 Å². The first-order chi connectivity index (χ1) is 15.3. The second kappa shape index (κ2) is 10.6. The highest BCUT2D eigenvalue weighted by atomic mass is 79.9. The summed E-state index contributed by atoms with van der Waals surface area (Å²) in [4.78, 5) is 12.6. The summed E-state index contributed by atoms with van der Waals surface area (Å²) in [6.07, 6.45) is 1.46. The van der Waals surface area contributed by atoms with E-state index in [1.807, 2.05) is 24.3 Å². The van der Waals surface area contributed by atoms with Gasteiger partial charge < -0.3 is 4.74 Å². The summed E-state index contributed by atoms with van der Waals surface area (Å²) in [5.74, 6) is -0.238. The van der Waals surface area contributed by atoms with E-state index < -0.39 is 22.5 Å². The third-order valence-electron chi connectivity index (χ3n) is 4.29. The number of hydrazone groups is 1. The minimum Gasteiger partial charge on any atom is -0.495 e.